The van der Waals surface area contributed by atoms with Crippen LogP contribution in [0.2, 0.25) is 0 Å². The van der Waals surface area contributed by atoms with Crippen LogP contribution in [0.4, 0.5) is 4.79 Å². The minimum atomic E-state index is -0.422. The first kappa shape index (κ1) is 16.1. The third-order valence-corrected chi connectivity index (χ3v) is 4.81. The molecule has 2 fully saturated rings. The molecule has 120 valence electrons. The van der Waals surface area contributed by atoms with Crippen LogP contribution < -0.4 is 11.1 Å². The maximum absolute atomic E-state index is 12.3. The highest BCUT2D eigenvalue weighted by Gasteiger charge is 2.30. The van der Waals surface area contributed by atoms with E-state index in [1.165, 1.54) is 7.11 Å². The fourth-order valence-electron chi connectivity index (χ4n) is 3.38. The van der Waals surface area contributed by atoms with E-state index < -0.39 is 6.09 Å². The van der Waals surface area contributed by atoms with Gasteiger partial charge in [0, 0.05) is 19.5 Å². The number of hydrogen-bond donors (Lipinski definition) is 2. The monoisotopic (exact) mass is 297 g/mol. The van der Waals surface area contributed by atoms with Crippen molar-refractivity contribution in [3.8, 4) is 0 Å². The SMILES string of the molecule is COC(=O)NC1CCN(C(=O)CC2CCC(CN)CC2)C1. The first-order valence-electron chi connectivity index (χ1n) is 7.94. The Hall–Kier alpha value is -1.30. The predicted octanol–water partition coefficient (Wildman–Crippen LogP) is 1.10. The molecule has 3 N–H and O–H groups in total. The average Bonchev–Trinajstić information content (AvgIpc) is 2.96. The number of methoxy groups -OCH3 is 1. The Kier molecular flexibility index (Phi) is 5.85. The van der Waals surface area contributed by atoms with E-state index in [2.05, 4.69) is 10.1 Å². The summed E-state index contributed by atoms with van der Waals surface area (Å²) in [4.78, 5) is 25.4. The zero-order valence-electron chi connectivity index (χ0n) is 12.8. The molecule has 21 heavy (non-hydrogen) atoms. The Morgan fingerprint density at radius 1 is 1.19 bits per heavy atom. The third-order valence-electron chi connectivity index (χ3n) is 4.81. The number of ether oxygens (including phenoxy) is 1. The van der Waals surface area contributed by atoms with Gasteiger partial charge in [0.1, 0.15) is 0 Å². The van der Waals surface area contributed by atoms with Gasteiger partial charge < -0.3 is 20.7 Å². The van der Waals surface area contributed by atoms with E-state index in [0.29, 0.717) is 24.8 Å². The third kappa shape index (κ3) is 4.59. The van der Waals surface area contributed by atoms with Crippen LogP contribution in [0.3, 0.4) is 0 Å². The molecule has 1 heterocycles. The van der Waals surface area contributed by atoms with Crippen LogP contribution in [0.1, 0.15) is 38.5 Å². The summed E-state index contributed by atoms with van der Waals surface area (Å²) in [6, 6.07) is 0.0226. The number of nitrogens with zero attached hydrogens (tertiary/aromatic N) is 1. The number of nitrogens with one attached hydrogen (secondary N) is 1. The lowest BCUT2D eigenvalue weighted by Crippen LogP contribution is -2.38. The molecule has 1 saturated carbocycles. The summed E-state index contributed by atoms with van der Waals surface area (Å²) in [5.41, 5.74) is 5.70. The molecular formula is C15H27N3O3. The van der Waals surface area contributed by atoms with E-state index in [9.17, 15) is 9.59 Å². The summed E-state index contributed by atoms with van der Waals surface area (Å²) in [5, 5.41) is 2.76. The van der Waals surface area contributed by atoms with Crippen molar-refractivity contribution in [2.45, 2.75) is 44.6 Å². The maximum atomic E-state index is 12.3. The summed E-state index contributed by atoms with van der Waals surface area (Å²) in [5.74, 6) is 1.38. The first-order chi connectivity index (χ1) is 10.1. The topological polar surface area (TPSA) is 84.7 Å². The standard InChI is InChI=1S/C15H27N3O3/c1-21-15(20)17-13-6-7-18(10-13)14(19)8-11-2-4-12(9-16)5-3-11/h11-13H,2-10,16H2,1H3,(H,17,20). The van der Waals surface area contributed by atoms with Crippen LogP contribution >= 0.6 is 0 Å². The van der Waals surface area contributed by atoms with Crippen LogP contribution in [0.15, 0.2) is 0 Å². The van der Waals surface area contributed by atoms with Crippen LogP contribution in [0.5, 0.6) is 0 Å². The van der Waals surface area contributed by atoms with Gasteiger partial charge in [0.05, 0.1) is 13.2 Å². The molecule has 1 unspecified atom stereocenters. The van der Waals surface area contributed by atoms with Crippen LogP contribution in [0.25, 0.3) is 0 Å². The summed E-state index contributed by atoms with van der Waals surface area (Å²) in [6.45, 7) is 2.10. The lowest BCUT2D eigenvalue weighted by atomic mass is 9.80. The molecule has 1 aliphatic carbocycles. The molecule has 1 aliphatic heterocycles. The zero-order chi connectivity index (χ0) is 15.2. The molecule has 6 nitrogen and oxygen atoms in total. The summed E-state index contributed by atoms with van der Waals surface area (Å²) in [6.07, 6.45) is 5.57. The second kappa shape index (κ2) is 7.64. The van der Waals surface area contributed by atoms with Gasteiger partial charge in [-0.3, -0.25) is 4.79 Å². The van der Waals surface area contributed by atoms with Crippen molar-refractivity contribution in [2.24, 2.45) is 17.6 Å². The van der Waals surface area contributed by atoms with Gasteiger partial charge in [-0.15, -0.1) is 0 Å². The van der Waals surface area contributed by atoms with Gasteiger partial charge in [0.2, 0.25) is 5.91 Å². The largest absolute Gasteiger partial charge is 0.453 e. The Morgan fingerprint density at radius 3 is 2.48 bits per heavy atom. The number of likely N-dealkylation sites (tertiary alicyclic amines) is 1. The quantitative estimate of drug-likeness (QED) is 0.813. The van der Waals surface area contributed by atoms with Gasteiger partial charge in [-0.2, -0.15) is 0 Å². The number of hydrogen-bond acceptors (Lipinski definition) is 4. The van der Waals surface area contributed by atoms with Crippen molar-refractivity contribution in [3.63, 3.8) is 0 Å². The number of nitrogens with two attached hydrogens (primary N) is 1. The van der Waals surface area contributed by atoms with Crippen molar-refractivity contribution in [3.05, 3.63) is 0 Å². The molecule has 1 atom stereocenters. The van der Waals surface area contributed by atoms with Gasteiger partial charge in [0.15, 0.2) is 0 Å². The van der Waals surface area contributed by atoms with Crippen molar-refractivity contribution < 1.29 is 14.3 Å². The molecule has 1 saturated heterocycles. The molecule has 6 heteroatoms. The lowest BCUT2D eigenvalue weighted by Gasteiger charge is -2.28. The second-order valence-electron chi connectivity index (χ2n) is 6.29. The molecule has 0 aromatic rings. The van der Waals surface area contributed by atoms with E-state index in [-0.39, 0.29) is 11.9 Å². The molecule has 0 spiro atoms. The fourth-order valence-corrected chi connectivity index (χ4v) is 3.38. The molecule has 2 aliphatic rings. The van der Waals surface area contributed by atoms with Crippen molar-refractivity contribution in [1.82, 2.24) is 10.2 Å². The van der Waals surface area contributed by atoms with Gasteiger partial charge in [-0.1, -0.05) is 0 Å². The molecular weight excluding hydrogens is 270 g/mol. The summed E-state index contributed by atoms with van der Waals surface area (Å²) in [7, 11) is 1.35. The van der Waals surface area contributed by atoms with Crippen molar-refractivity contribution in [2.75, 3.05) is 26.7 Å². The average molecular weight is 297 g/mol. The number of amides is 2. The Labute approximate surface area is 126 Å². The normalized spacial score (nSPS) is 29.2. The smallest absolute Gasteiger partial charge is 0.407 e. The molecule has 0 aromatic carbocycles. The van der Waals surface area contributed by atoms with Gasteiger partial charge in [-0.25, -0.2) is 4.79 Å². The van der Waals surface area contributed by atoms with Crippen LogP contribution in [-0.2, 0) is 9.53 Å². The number of alkyl carbamates (subject to hydrolysis) is 1. The van der Waals surface area contributed by atoms with Crippen LogP contribution in [-0.4, -0.2) is 49.7 Å². The number of rotatable bonds is 4. The Bertz CT molecular complexity index is 367. The van der Waals surface area contributed by atoms with E-state index in [0.717, 1.165) is 45.2 Å². The highest BCUT2D eigenvalue weighted by atomic mass is 16.5. The minimum Gasteiger partial charge on any atom is -0.453 e. The predicted molar refractivity (Wildman–Crippen MR) is 79.6 cm³/mol. The minimum absolute atomic E-state index is 0.0226. The lowest BCUT2D eigenvalue weighted by molar-refractivity contribution is -0.131. The van der Waals surface area contributed by atoms with E-state index in [1.807, 2.05) is 4.90 Å². The zero-order valence-corrected chi connectivity index (χ0v) is 12.8. The molecule has 2 amide bonds. The second-order valence-corrected chi connectivity index (χ2v) is 6.29. The van der Waals surface area contributed by atoms with Crippen LogP contribution in [0, 0.1) is 11.8 Å². The highest BCUT2D eigenvalue weighted by Crippen LogP contribution is 2.30. The van der Waals surface area contributed by atoms with Gasteiger partial charge in [0.25, 0.3) is 0 Å². The first-order valence-corrected chi connectivity index (χ1v) is 7.94. The van der Waals surface area contributed by atoms with E-state index in [4.69, 9.17) is 5.73 Å². The van der Waals surface area contributed by atoms with E-state index in [1.54, 1.807) is 0 Å². The Morgan fingerprint density at radius 2 is 1.86 bits per heavy atom. The maximum Gasteiger partial charge on any atom is 0.407 e. The van der Waals surface area contributed by atoms with Crippen molar-refractivity contribution >= 4 is 12.0 Å². The van der Waals surface area contributed by atoms with Gasteiger partial charge >= 0.3 is 6.09 Å². The molecule has 0 radical (unpaired) electrons. The highest BCUT2D eigenvalue weighted by molar-refractivity contribution is 5.77. The molecule has 2 rings (SSSR count). The fraction of sp³-hybridized carbons (Fsp3) is 0.867. The Balaban J connectivity index is 1.71. The number of carbonyl (C=O) groups is 2. The number of carbonyl (C=O) groups excluding carboxylic acids is 2. The summed E-state index contributed by atoms with van der Waals surface area (Å²) < 4.78 is 4.59. The van der Waals surface area contributed by atoms with Gasteiger partial charge in [-0.05, 0) is 50.5 Å². The molecule has 0 bridgehead atoms. The van der Waals surface area contributed by atoms with E-state index >= 15 is 0 Å². The molecule has 0 aromatic heterocycles. The summed E-state index contributed by atoms with van der Waals surface area (Å²) >= 11 is 0. The van der Waals surface area contributed by atoms with Crippen molar-refractivity contribution in [1.29, 1.82) is 0 Å².